The Balaban J connectivity index is 1.27. The summed E-state index contributed by atoms with van der Waals surface area (Å²) in [5.41, 5.74) is 1.09. The number of pyridine rings is 1. The Morgan fingerprint density at radius 3 is 2.78 bits per heavy atom. The zero-order valence-electron chi connectivity index (χ0n) is 16.0. The highest BCUT2D eigenvalue weighted by Crippen LogP contribution is 2.22. The van der Waals surface area contributed by atoms with E-state index >= 15 is 0 Å². The number of hydrogen-bond acceptors (Lipinski definition) is 7. The number of piperidine rings is 1. The van der Waals surface area contributed by atoms with Crippen LogP contribution in [-0.4, -0.2) is 62.5 Å². The number of tetrazole rings is 1. The molecule has 2 aliphatic heterocycles. The van der Waals surface area contributed by atoms with Gasteiger partial charge in [0.15, 0.2) is 5.82 Å². The fourth-order valence-corrected chi connectivity index (χ4v) is 3.81. The lowest BCUT2D eigenvalue weighted by molar-refractivity contribution is 0.0588. The van der Waals surface area contributed by atoms with Crippen LogP contribution >= 0.6 is 0 Å². The van der Waals surface area contributed by atoms with Crippen molar-refractivity contribution in [1.29, 1.82) is 0 Å². The van der Waals surface area contributed by atoms with Gasteiger partial charge in [0, 0.05) is 50.8 Å². The molecule has 0 amide bonds. The quantitative estimate of drug-likeness (QED) is 0.766. The van der Waals surface area contributed by atoms with Crippen LogP contribution in [-0.2, 0) is 17.8 Å². The van der Waals surface area contributed by atoms with Gasteiger partial charge in [-0.25, -0.2) is 4.68 Å². The average Bonchev–Trinajstić information content (AvgIpc) is 3.12. The second-order valence-corrected chi connectivity index (χ2v) is 7.57. The normalized spacial score (nSPS) is 20.0. The topological polar surface area (TPSA) is 78.2 Å². The molecular formula is C19H28N6O2. The van der Waals surface area contributed by atoms with Gasteiger partial charge in [-0.05, 0) is 55.0 Å². The molecule has 0 saturated carbocycles. The van der Waals surface area contributed by atoms with Crippen LogP contribution in [0.3, 0.4) is 0 Å². The molecule has 0 N–H and O–H groups in total. The van der Waals surface area contributed by atoms with E-state index in [2.05, 4.69) is 25.4 Å². The second-order valence-electron chi connectivity index (χ2n) is 7.57. The zero-order chi connectivity index (χ0) is 18.5. The van der Waals surface area contributed by atoms with Crippen molar-refractivity contribution in [1.82, 2.24) is 30.1 Å². The highest BCUT2D eigenvalue weighted by atomic mass is 16.5. The Kier molecular flexibility index (Phi) is 5.94. The maximum Gasteiger partial charge on any atom is 0.165 e. The van der Waals surface area contributed by atoms with Crippen LogP contribution in [0.5, 0.6) is 5.75 Å². The van der Waals surface area contributed by atoms with Gasteiger partial charge in [0.25, 0.3) is 0 Å². The van der Waals surface area contributed by atoms with Crippen molar-refractivity contribution in [3.63, 3.8) is 0 Å². The first-order chi connectivity index (χ1) is 13.3. The molecular weight excluding hydrogens is 344 g/mol. The predicted molar refractivity (Wildman–Crippen MR) is 99.3 cm³/mol. The van der Waals surface area contributed by atoms with E-state index in [1.807, 2.05) is 23.9 Å². The van der Waals surface area contributed by atoms with Gasteiger partial charge in [-0.2, -0.15) is 0 Å². The summed E-state index contributed by atoms with van der Waals surface area (Å²) in [5.74, 6) is 2.53. The molecule has 146 valence electrons. The third-order valence-electron chi connectivity index (χ3n) is 5.54. The van der Waals surface area contributed by atoms with E-state index in [1.54, 1.807) is 6.20 Å². The third kappa shape index (κ3) is 4.81. The molecule has 0 bridgehead atoms. The van der Waals surface area contributed by atoms with Crippen LogP contribution in [0, 0.1) is 12.8 Å². The Morgan fingerprint density at radius 1 is 1.19 bits per heavy atom. The summed E-state index contributed by atoms with van der Waals surface area (Å²) < 4.78 is 13.6. The van der Waals surface area contributed by atoms with Gasteiger partial charge in [-0.3, -0.25) is 9.88 Å². The lowest BCUT2D eigenvalue weighted by Gasteiger charge is -2.32. The highest BCUT2D eigenvalue weighted by molar-refractivity contribution is 5.28. The Hall–Kier alpha value is -2.06. The Bertz CT molecular complexity index is 722. The largest absolute Gasteiger partial charge is 0.490 e. The van der Waals surface area contributed by atoms with E-state index < -0.39 is 0 Å². The fraction of sp³-hybridized carbons (Fsp3) is 0.684. The predicted octanol–water partition coefficient (Wildman–Crippen LogP) is 1.85. The standard InChI is InChI=1S/C19H28N6O2/c1-15-12-20-7-2-18(15)27-17-3-8-24(9-4-17)14-19-21-22-23-25(19)13-16-5-10-26-11-6-16/h2,7,12,16-17H,3-6,8-11,13-14H2,1H3. The van der Waals surface area contributed by atoms with E-state index in [0.29, 0.717) is 5.92 Å². The van der Waals surface area contributed by atoms with E-state index in [0.717, 1.165) is 82.2 Å². The number of aryl methyl sites for hydroxylation is 1. The van der Waals surface area contributed by atoms with Gasteiger partial charge in [-0.15, -0.1) is 5.10 Å². The van der Waals surface area contributed by atoms with Crippen molar-refractivity contribution in [2.45, 2.75) is 51.8 Å². The summed E-state index contributed by atoms with van der Waals surface area (Å²) in [4.78, 5) is 6.55. The summed E-state index contributed by atoms with van der Waals surface area (Å²) in [7, 11) is 0. The van der Waals surface area contributed by atoms with Gasteiger partial charge >= 0.3 is 0 Å². The van der Waals surface area contributed by atoms with E-state index in [9.17, 15) is 0 Å². The van der Waals surface area contributed by atoms with Crippen molar-refractivity contribution >= 4 is 0 Å². The molecule has 2 saturated heterocycles. The lowest BCUT2D eigenvalue weighted by atomic mass is 10.0. The van der Waals surface area contributed by atoms with Crippen molar-refractivity contribution in [3.05, 3.63) is 29.8 Å². The molecule has 4 rings (SSSR count). The Labute approximate surface area is 159 Å². The highest BCUT2D eigenvalue weighted by Gasteiger charge is 2.23. The number of ether oxygens (including phenoxy) is 2. The summed E-state index contributed by atoms with van der Waals surface area (Å²) in [6.45, 7) is 7.44. The Morgan fingerprint density at radius 2 is 2.00 bits per heavy atom. The maximum atomic E-state index is 6.17. The molecule has 2 fully saturated rings. The van der Waals surface area contributed by atoms with E-state index in [4.69, 9.17) is 9.47 Å². The minimum Gasteiger partial charge on any atom is -0.490 e. The molecule has 0 radical (unpaired) electrons. The SMILES string of the molecule is Cc1cnccc1OC1CCN(Cc2nnnn2CC2CCOCC2)CC1. The van der Waals surface area contributed by atoms with Crippen molar-refractivity contribution in [3.8, 4) is 5.75 Å². The van der Waals surface area contributed by atoms with Crippen LogP contribution in [0.2, 0.25) is 0 Å². The first-order valence-corrected chi connectivity index (χ1v) is 9.90. The monoisotopic (exact) mass is 372 g/mol. The maximum absolute atomic E-state index is 6.17. The van der Waals surface area contributed by atoms with Crippen molar-refractivity contribution in [2.75, 3.05) is 26.3 Å². The molecule has 8 nitrogen and oxygen atoms in total. The zero-order valence-corrected chi connectivity index (χ0v) is 16.0. The molecule has 2 aliphatic rings. The van der Waals surface area contributed by atoms with Crippen LogP contribution in [0.4, 0.5) is 0 Å². The summed E-state index contributed by atoms with van der Waals surface area (Å²) >= 11 is 0. The van der Waals surface area contributed by atoms with Crippen LogP contribution < -0.4 is 4.74 Å². The van der Waals surface area contributed by atoms with Crippen molar-refractivity contribution in [2.24, 2.45) is 5.92 Å². The first kappa shape index (κ1) is 18.3. The molecule has 0 unspecified atom stereocenters. The molecule has 27 heavy (non-hydrogen) atoms. The number of likely N-dealkylation sites (tertiary alicyclic amines) is 1. The van der Waals surface area contributed by atoms with Crippen LogP contribution in [0.15, 0.2) is 18.5 Å². The van der Waals surface area contributed by atoms with Gasteiger partial charge in [0.05, 0.1) is 6.54 Å². The summed E-state index contributed by atoms with van der Waals surface area (Å²) in [6, 6.07) is 1.95. The molecule has 0 atom stereocenters. The van der Waals surface area contributed by atoms with Crippen LogP contribution in [0.25, 0.3) is 0 Å². The second kappa shape index (κ2) is 8.75. The molecule has 4 heterocycles. The molecule has 0 aliphatic carbocycles. The lowest BCUT2D eigenvalue weighted by Crippen LogP contribution is -2.38. The van der Waals surface area contributed by atoms with Gasteiger partial charge in [0.2, 0.25) is 0 Å². The third-order valence-corrected chi connectivity index (χ3v) is 5.54. The number of aromatic nitrogens is 5. The molecule has 8 heteroatoms. The van der Waals surface area contributed by atoms with E-state index in [-0.39, 0.29) is 6.10 Å². The molecule has 2 aromatic heterocycles. The van der Waals surface area contributed by atoms with Crippen LogP contribution in [0.1, 0.15) is 37.1 Å². The minimum absolute atomic E-state index is 0.264. The molecule has 2 aromatic rings. The summed E-state index contributed by atoms with van der Waals surface area (Å²) in [5, 5.41) is 12.4. The van der Waals surface area contributed by atoms with E-state index in [1.165, 1.54) is 0 Å². The summed E-state index contributed by atoms with van der Waals surface area (Å²) in [6.07, 6.45) is 8.12. The molecule has 0 aromatic carbocycles. The molecule has 0 spiro atoms. The number of nitrogens with zero attached hydrogens (tertiary/aromatic N) is 6. The van der Waals surface area contributed by atoms with Crippen molar-refractivity contribution < 1.29 is 9.47 Å². The first-order valence-electron chi connectivity index (χ1n) is 9.90. The fourth-order valence-electron chi connectivity index (χ4n) is 3.81. The number of hydrogen-bond donors (Lipinski definition) is 0. The van der Waals surface area contributed by atoms with Gasteiger partial charge < -0.3 is 9.47 Å². The average molecular weight is 372 g/mol. The number of rotatable bonds is 6. The van der Waals surface area contributed by atoms with Gasteiger partial charge in [0.1, 0.15) is 11.9 Å². The smallest absolute Gasteiger partial charge is 0.165 e. The minimum atomic E-state index is 0.264. The van der Waals surface area contributed by atoms with Gasteiger partial charge in [-0.1, -0.05) is 0 Å².